The largest absolute Gasteiger partial charge is 0.382 e. The Morgan fingerprint density at radius 3 is 2.78 bits per heavy atom. The highest BCUT2D eigenvalue weighted by molar-refractivity contribution is 8.05. The van der Waals surface area contributed by atoms with Gasteiger partial charge < -0.3 is 4.90 Å². The second kappa shape index (κ2) is 5.71. The van der Waals surface area contributed by atoms with Gasteiger partial charge in [0.2, 0.25) is 5.13 Å². The van der Waals surface area contributed by atoms with Gasteiger partial charge in [0.05, 0.1) is 0 Å². The Kier molecular flexibility index (Phi) is 4.02. The van der Waals surface area contributed by atoms with Gasteiger partial charge in [0.25, 0.3) is 0 Å². The van der Waals surface area contributed by atoms with E-state index in [2.05, 4.69) is 16.3 Å². The van der Waals surface area contributed by atoms with Crippen LogP contribution in [0.2, 0.25) is 0 Å². The number of allylic oxidation sites excluding steroid dienone is 1. The predicted octanol–water partition coefficient (Wildman–Crippen LogP) is 2.35. The van der Waals surface area contributed by atoms with E-state index < -0.39 is 0 Å². The molecule has 0 spiro atoms. The van der Waals surface area contributed by atoms with Crippen LogP contribution in [-0.4, -0.2) is 33.8 Å². The lowest BCUT2D eigenvalue weighted by Crippen LogP contribution is -2.01. The van der Waals surface area contributed by atoms with Gasteiger partial charge in [-0.2, -0.15) is 5.26 Å². The fraction of sp³-hybridized carbons (Fsp3) is 0.182. The first-order chi connectivity index (χ1) is 8.69. The van der Waals surface area contributed by atoms with E-state index in [1.807, 2.05) is 48.1 Å². The third-order valence-corrected chi connectivity index (χ3v) is 3.81. The molecule has 18 heavy (non-hydrogen) atoms. The lowest BCUT2D eigenvalue weighted by molar-refractivity contribution is 0.563. The molecule has 5 nitrogen and oxygen atoms in total. The molecule has 2 rings (SSSR count). The number of hydrogen-bond acceptors (Lipinski definition) is 6. The molecule has 0 amide bonds. The topological polar surface area (TPSA) is 57.7 Å². The van der Waals surface area contributed by atoms with Crippen molar-refractivity contribution in [2.45, 2.75) is 4.34 Å². The van der Waals surface area contributed by atoms with Crippen LogP contribution in [0.15, 0.2) is 40.0 Å². The fourth-order valence-electron chi connectivity index (χ4n) is 1.22. The van der Waals surface area contributed by atoms with Crippen LogP contribution in [0.5, 0.6) is 0 Å². The Labute approximate surface area is 113 Å². The van der Waals surface area contributed by atoms with Crippen molar-refractivity contribution in [2.75, 3.05) is 14.1 Å². The van der Waals surface area contributed by atoms with E-state index in [0.29, 0.717) is 4.91 Å². The van der Waals surface area contributed by atoms with Gasteiger partial charge >= 0.3 is 0 Å². The Balaban J connectivity index is 2.14. The maximum Gasteiger partial charge on any atom is 0.217 e. The Morgan fingerprint density at radius 2 is 2.17 bits per heavy atom. The summed E-state index contributed by atoms with van der Waals surface area (Å²) in [5, 5.41) is 18.0. The molecular weight excluding hydrogens is 266 g/mol. The highest BCUT2D eigenvalue weighted by Crippen LogP contribution is 2.30. The molecule has 7 heteroatoms. The first-order valence-corrected chi connectivity index (χ1v) is 6.75. The number of rotatable bonds is 4. The van der Waals surface area contributed by atoms with Crippen molar-refractivity contribution in [2.24, 2.45) is 0 Å². The minimum absolute atomic E-state index is 0.593. The van der Waals surface area contributed by atoms with Crippen molar-refractivity contribution in [1.29, 1.82) is 5.26 Å². The van der Waals surface area contributed by atoms with Gasteiger partial charge in [-0.3, -0.25) is 4.57 Å². The van der Waals surface area contributed by atoms with Crippen molar-refractivity contribution in [1.82, 2.24) is 19.7 Å². The van der Waals surface area contributed by atoms with E-state index in [0.717, 1.165) is 9.47 Å². The molecule has 0 fully saturated rings. The summed E-state index contributed by atoms with van der Waals surface area (Å²) in [4.78, 5) is 2.43. The SMILES string of the molecule is CN(C)/C=C(/C#N)Sc1nnc(-n2cccc2)s1. The van der Waals surface area contributed by atoms with Crippen LogP contribution < -0.4 is 0 Å². The van der Waals surface area contributed by atoms with Gasteiger partial charge in [0.15, 0.2) is 4.34 Å². The van der Waals surface area contributed by atoms with E-state index in [1.165, 1.54) is 23.1 Å². The third-order valence-electron chi connectivity index (χ3n) is 1.90. The smallest absolute Gasteiger partial charge is 0.217 e. The molecule has 0 aliphatic heterocycles. The summed E-state index contributed by atoms with van der Waals surface area (Å²) >= 11 is 2.78. The van der Waals surface area contributed by atoms with Crippen LogP contribution >= 0.6 is 23.1 Å². The molecule has 0 aliphatic rings. The summed E-state index contributed by atoms with van der Waals surface area (Å²) in [5.41, 5.74) is 0. The molecule has 0 unspecified atom stereocenters. The summed E-state index contributed by atoms with van der Waals surface area (Å²) in [6.45, 7) is 0. The molecule has 92 valence electrons. The normalized spacial score (nSPS) is 11.3. The molecule has 0 saturated heterocycles. The standard InChI is InChI=1S/C11H11N5S2/c1-15(2)8-9(7-12)17-11-14-13-10(18-11)16-5-3-4-6-16/h3-6,8H,1-2H3/b9-8-. The van der Waals surface area contributed by atoms with Crippen LogP contribution in [0.25, 0.3) is 5.13 Å². The Bertz CT molecular complexity index is 577. The second-order valence-electron chi connectivity index (χ2n) is 3.61. The summed E-state index contributed by atoms with van der Waals surface area (Å²) in [6, 6.07) is 6.00. The minimum atomic E-state index is 0.593. The predicted molar refractivity (Wildman–Crippen MR) is 72.5 cm³/mol. The van der Waals surface area contributed by atoms with Gasteiger partial charge in [-0.15, -0.1) is 10.2 Å². The molecule has 0 radical (unpaired) electrons. The molecule has 0 saturated carbocycles. The lowest BCUT2D eigenvalue weighted by atomic mass is 10.6. The van der Waals surface area contributed by atoms with Gasteiger partial charge in [0.1, 0.15) is 11.0 Å². The number of nitriles is 1. The highest BCUT2D eigenvalue weighted by Gasteiger charge is 2.08. The van der Waals surface area contributed by atoms with Crippen molar-refractivity contribution >= 4 is 23.1 Å². The Hall–Kier alpha value is -1.78. The van der Waals surface area contributed by atoms with Crippen LogP contribution in [0.4, 0.5) is 0 Å². The average Bonchev–Trinajstić information content (AvgIpc) is 2.97. The second-order valence-corrected chi connectivity index (χ2v) is 5.86. The first-order valence-electron chi connectivity index (χ1n) is 5.12. The number of aromatic nitrogens is 3. The van der Waals surface area contributed by atoms with Crippen molar-refractivity contribution in [3.63, 3.8) is 0 Å². The van der Waals surface area contributed by atoms with Gasteiger partial charge in [-0.1, -0.05) is 11.3 Å². The molecule has 0 atom stereocenters. The van der Waals surface area contributed by atoms with Gasteiger partial charge in [-0.25, -0.2) is 0 Å². The van der Waals surface area contributed by atoms with Crippen LogP contribution in [-0.2, 0) is 0 Å². The summed E-state index contributed by atoms with van der Waals surface area (Å²) in [5.74, 6) is 0. The molecule has 2 aromatic heterocycles. The molecule has 2 heterocycles. The zero-order valence-electron chi connectivity index (χ0n) is 9.94. The molecule has 0 aliphatic carbocycles. The quantitative estimate of drug-likeness (QED) is 0.634. The summed E-state index contributed by atoms with van der Waals surface area (Å²) < 4.78 is 2.65. The highest BCUT2D eigenvalue weighted by atomic mass is 32.2. The first kappa shape index (κ1) is 12.7. The van der Waals surface area contributed by atoms with Gasteiger partial charge in [0, 0.05) is 32.7 Å². The average molecular weight is 277 g/mol. The van der Waals surface area contributed by atoms with Crippen LogP contribution in [0.1, 0.15) is 0 Å². The number of hydrogen-bond donors (Lipinski definition) is 0. The fourth-order valence-corrected chi connectivity index (χ4v) is 3.00. The summed E-state index contributed by atoms with van der Waals surface area (Å²) in [6.07, 6.45) is 5.59. The van der Waals surface area contributed by atoms with Crippen molar-refractivity contribution in [3.8, 4) is 11.2 Å². The van der Waals surface area contributed by atoms with Crippen molar-refractivity contribution in [3.05, 3.63) is 35.6 Å². The van der Waals surface area contributed by atoms with E-state index in [9.17, 15) is 0 Å². The summed E-state index contributed by atoms with van der Waals surface area (Å²) in [7, 11) is 3.76. The molecule has 0 N–H and O–H groups in total. The maximum atomic E-state index is 9.01. The van der Waals surface area contributed by atoms with E-state index in [-0.39, 0.29) is 0 Å². The third kappa shape index (κ3) is 3.12. The van der Waals surface area contributed by atoms with Crippen LogP contribution in [0, 0.1) is 11.3 Å². The number of thioether (sulfide) groups is 1. The molecule has 2 aromatic rings. The van der Waals surface area contributed by atoms with E-state index in [4.69, 9.17) is 5.26 Å². The lowest BCUT2D eigenvalue weighted by Gasteiger charge is -2.04. The molecular formula is C11H11N5S2. The van der Waals surface area contributed by atoms with E-state index >= 15 is 0 Å². The zero-order valence-corrected chi connectivity index (χ0v) is 11.6. The molecule has 0 aromatic carbocycles. The van der Waals surface area contributed by atoms with E-state index in [1.54, 1.807) is 6.20 Å². The van der Waals surface area contributed by atoms with Gasteiger partial charge in [-0.05, 0) is 23.9 Å². The maximum absolute atomic E-state index is 9.01. The minimum Gasteiger partial charge on any atom is -0.382 e. The molecule has 0 bridgehead atoms. The van der Waals surface area contributed by atoms with Crippen molar-refractivity contribution < 1.29 is 0 Å². The number of nitrogens with zero attached hydrogens (tertiary/aromatic N) is 5. The van der Waals surface area contributed by atoms with Crippen LogP contribution in [0.3, 0.4) is 0 Å². The zero-order chi connectivity index (χ0) is 13.0. The Morgan fingerprint density at radius 1 is 1.44 bits per heavy atom. The monoisotopic (exact) mass is 277 g/mol.